The Morgan fingerprint density at radius 1 is 1.00 bits per heavy atom. The van der Waals surface area contributed by atoms with Gasteiger partial charge in [0.25, 0.3) is 11.5 Å². The predicted octanol–water partition coefficient (Wildman–Crippen LogP) is 2.55. The summed E-state index contributed by atoms with van der Waals surface area (Å²) in [6.07, 6.45) is 3.31. The number of nitrogens with zero attached hydrogens (tertiary/aromatic N) is 2. The second kappa shape index (κ2) is 7.01. The molecule has 2 aromatic rings. The summed E-state index contributed by atoms with van der Waals surface area (Å²) in [5.41, 5.74) is -0.0231. The molecular weight excluding hydrogens is 328 g/mol. The number of amides is 1. The molecule has 0 bridgehead atoms. The van der Waals surface area contributed by atoms with Gasteiger partial charge in [0.05, 0.1) is 0 Å². The summed E-state index contributed by atoms with van der Waals surface area (Å²) in [4.78, 5) is 39.7. The van der Waals surface area contributed by atoms with Crippen LogP contribution in [0.15, 0.2) is 53.5 Å². The van der Waals surface area contributed by atoms with Gasteiger partial charge in [-0.15, -0.1) is 0 Å². The summed E-state index contributed by atoms with van der Waals surface area (Å²) in [6, 6.07) is 9.73. The summed E-state index contributed by atoms with van der Waals surface area (Å²) in [5, 5.41) is 0.505. The van der Waals surface area contributed by atoms with E-state index in [9.17, 15) is 14.4 Å². The molecule has 6 heteroatoms. The number of Topliss-reactive ketones (excluding diaryl/α,β-unsaturated/α-hetero) is 1. The lowest BCUT2D eigenvalue weighted by Crippen LogP contribution is -2.42. The van der Waals surface area contributed by atoms with E-state index in [-0.39, 0.29) is 11.5 Å². The van der Waals surface area contributed by atoms with Gasteiger partial charge in [-0.05, 0) is 43.2 Å². The van der Waals surface area contributed by atoms with Crippen LogP contribution in [0.4, 0.5) is 0 Å². The first-order valence-corrected chi connectivity index (χ1v) is 8.21. The Kier molecular flexibility index (Phi) is 4.81. The van der Waals surface area contributed by atoms with Crippen molar-refractivity contribution in [3.63, 3.8) is 0 Å². The van der Waals surface area contributed by atoms with Crippen LogP contribution in [0.3, 0.4) is 0 Å². The van der Waals surface area contributed by atoms with Crippen molar-refractivity contribution in [2.75, 3.05) is 13.1 Å². The molecule has 0 N–H and O–H groups in total. The van der Waals surface area contributed by atoms with Crippen molar-refractivity contribution in [2.24, 2.45) is 0 Å². The molecule has 0 saturated carbocycles. The number of halogens is 1. The molecule has 1 atom stereocenters. The monoisotopic (exact) mass is 344 g/mol. The van der Waals surface area contributed by atoms with E-state index in [2.05, 4.69) is 0 Å². The first-order chi connectivity index (χ1) is 11.6. The van der Waals surface area contributed by atoms with E-state index in [1.165, 1.54) is 16.8 Å². The Hall–Kier alpha value is -2.40. The molecule has 1 aromatic heterocycles. The third-order valence-electron chi connectivity index (χ3n) is 4.16. The fourth-order valence-electron chi connectivity index (χ4n) is 2.89. The normalized spacial score (nSPS) is 15.3. The average Bonchev–Trinajstić information content (AvgIpc) is 3.12. The molecule has 1 unspecified atom stereocenters. The van der Waals surface area contributed by atoms with Crippen LogP contribution in [0.1, 0.15) is 29.2 Å². The van der Waals surface area contributed by atoms with Crippen molar-refractivity contribution in [2.45, 2.75) is 18.9 Å². The molecule has 3 rings (SSSR count). The summed E-state index contributed by atoms with van der Waals surface area (Å²) < 4.78 is 1.21. The quantitative estimate of drug-likeness (QED) is 0.632. The molecular formula is C18H17ClN2O3. The number of benzene rings is 1. The predicted molar refractivity (Wildman–Crippen MR) is 91.3 cm³/mol. The molecule has 1 amide bonds. The van der Waals surface area contributed by atoms with E-state index in [1.54, 1.807) is 41.3 Å². The highest BCUT2D eigenvalue weighted by Crippen LogP contribution is 2.20. The van der Waals surface area contributed by atoms with Crippen LogP contribution >= 0.6 is 11.6 Å². The van der Waals surface area contributed by atoms with Crippen LogP contribution in [-0.2, 0) is 4.79 Å². The molecule has 24 heavy (non-hydrogen) atoms. The molecule has 0 spiro atoms. The van der Waals surface area contributed by atoms with Gasteiger partial charge in [0.15, 0.2) is 11.8 Å². The summed E-state index contributed by atoms with van der Waals surface area (Å²) in [6.45, 7) is 1.23. The standard InChI is InChI=1S/C18H17ClN2O3/c19-14-8-6-13(7-9-14)17(23)16(18(24)20-10-3-4-11-20)21-12-2-1-5-15(21)22/h1-2,5-9,12,16H,3-4,10-11H2. The molecule has 1 fully saturated rings. The van der Waals surface area contributed by atoms with Crippen LogP contribution in [0.2, 0.25) is 5.02 Å². The van der Waals surface area contributed by atoms with Crippen LogP contribution in [-0.4, -0.2) is 34.2 Å². The van der Waals surface area contributed by atoms with Gasteiger partial charge in [-0.25, -0.2) is 0 Å². The van der Waals surface area contributed by atoms with E-state index >= 15 is 0 Å². The zero-order chi connectivity index (χ0) is 17.1. The smallest absolute Gasteiger partial charge is 0.253 e. The molecule has 0 aliphatic carbocycles. The summed E-state index contributed by atoms with van der Waals surface area (Å²) >= 11 is 5.86. The fourth-order valence-corrected chi connectivity index (χ4v) is 3.02. The maximum Gasteiger partial charge on any atom is 0.253 e. The van der Waals surface area contributed by atoms with Gasteiger partial charge in [0.2, 0.25) is 0 Å². The molecule has 1 aromatic carbocycles. The third kappa shape index (κ3) is 3.26. The second-order valence-electron chi connectivity index (χ2n) is 5.75. The maximum atomic E-state index is 13.0. The Balaban J connectivity index is 2.02. The van der Waals surface area contributed by atoms with E-state index < -0.39 is 11.8 Å². The van der Waals surface area contributed by atoms with Crippen molar-refractivity contribution in [3.8, 4) is 0 Å². The SMILES string of the molecule is O=C(c1ccc(Cl)cc1)C(C(=O)N1CCCC1)n1ccccc1=O. The average molecular weight is 345 g/mol. The Bertz CT molecular complexity index is 808. The van der Waals surface area contributed by atoms with E-state index in [0.29, 0.717) is 23.7 Å². The molecule has 0 radical (unpaired) electrons. The topological polar surface area (TPSA) is 59.4 Å². The van der Waals surface area contributed by atoms with Gasteiger partial charge in [0.1, 0.15) is 0 Å². The maximum absolute atomic E-state index is 13.0. The number of carbonyl (C=O) groups excluding carboxylic acids is 2. The number of rotatable bonds is 4. The number of aromatic nitrogens is 1. The minimum atomic E-state index is -1.18. The summed E-state index contributed by atoms with van der Waals surface area (Å²) in [5.74, 6) is -0.738. The number of ketones is 1. The van der Waals surface area contributed by atoms with Gasteiger partial charge < -0.3 is 4.90 Å². The van der Waals surface area contributed by atoms with Crippen molar-refractivity contribution in [1.82, 2.24) is 9.47 Å². The molecule has 5 nitrogen and oxygen atoms in total. The third-order valence-corrected chi connectivity index (χ3v) is 4.41. The minimum absolute atomic E-state index is 0.333. The van der Waals surface area contributed by atoms with Gasteiger partial charge in [-0.1, -0.05) is 17.7 Å². The molecule has 1 saturated heterocycles. The number of carbonyl (C=O) groups is 2. The van der Waals surface area contributed by atoms with Gasteiger partial charge >= 0.3 is 0 Å². The van der Waals surface area contributed by atoms with Crippen LogP contribution in [0.25, 0.3) is 0 Å². The second-order valence-corrected chi connectivity index (χ2v) is 6.19. The summed E-state index contributed by atoms with van der Waals surface area (Å²) in [7, 11) is 0. The number of hydrogen-bond donors (Lipinski definition) is 0. The van der Waals surface area contributed by atoms with Crippen molar-refractivity contribution in [3.05, 3.63) is 69.6 Å². The highest BCUT2D eigenvalue weighted by molar-refractivity contribution is 6.30. The van der Waals surface area contributed by atoms with Crippen LogP contribution in [0, 0.1) is 0 Å². The van der Waals surface area contributed by atoms with E-state index in [0.717, 1.165) is 12.8 Å². The first-order valence-electron chi connectivity index (χ1n) is 7.83. The van der Waals surface area contributed by atoms with E-state index in [1.807, 2.05) is 0 Å². The molecule has 1 aliphatic rings. The number of hydrogen-bond acceptors (Lipinski definition) is 3. The molecule has 1 aliphatic heterocycles. The highest BCUT2D eigenvalue weighted by atomic mass is 35.5. The van der Waals surface area contributed by atoms with Crippen LogP contribution in [0.5, 0.6) is 0 Å². The first kappa shape index (κ1) is 16.5. The molecule has 124 valence electrons. The zero-order valence-corrected chi connectivity index (χ0v) is 13.8. The van der Waals surface area contributed by atoms with Crippen molar-refractivity contribution < 1.29 is 9.59 Å². The lowest BCUT2D eigenvalue weighted by Gasteiger charge is -2.24. The van der Waals surface area contributed by atoms with Gasteiger partial charge in [0, 0.05) is 35.9 Å². The van der Waals surface area contributed by atoms with Gasteiger partial charge in [-0.3, -0.25) is 19.0 Å². The van der Waals surface area contributed by atoms with Crippen molar-refractivity contribution in [1.29, 1.82) is 0 Å². The largest absolute Gasteiger partial charge is 0.340 e. The minimum Gasteiger partial charge on any atom is -0.340 e. The van der Waals surface area contributed by atoms with Crippen LogP contribution < -0.4 is 5.56 Å². The highest BCUT2D eigenvalue weighted by Gasteiger charge is 2.34. The molecule has 2 heterocycles. The lowest BCUT2D eigenvalue weighted by atomic mass is 10.0. The van der Waals surface area contributed by atoms with Gasteiger partial charge in [-0.2, -0.15) is 0 Å². The fraction of sp³-hybridized carbons (Fsp3) is 0.278. The van der Waals surface area contributed by atoms with E-state index in [4.69, 9.17) is 11.6 Å². The Morgan fingerprint density at radius 3 is 2.29 bits per heavy atom. The lowest BCUT2D eigenvalue weighted by molar-refractivity contribution is -0.132. The number of pyridine rings is 1. The van der Waals surface area contributed by atoms with Crippen molar-refractivity contribution >= 4 is 23.3 Å². The Labute approximate surface area is 144 Å². The Morgan fingerprint density at radius 2 is 1.67 bits per heavy atom. The zero-order valence-electron chi connectivity index (χ0n) is 13.0. The number of likely N-dealkylation sites (tertiary alicyclic amines) is 1.